The lowest BCUT2D eigenvalue weighted by molar-refractivity contribution is -0.151. The van der Waals surface area contributed by atoms with E-state index in [9.17, 15) is 14.7 Å². The minimum atomic E-state index is -0.893. The topological polar surface area (TPSA) is 57.6 Å². The van der Waals surface area contributed by atoms with Crippen molar-refractivity contribution in [2.75, 3.05) is 6.54 Å². The summed E-state index contributed by atoms with van der Waals surface area (Å²) in [7, 11) is 0. The van der Waals surface area contributed by atoms with Crippen molar-refractivity contribution in [3.63, 3.8) is 0 Å². The number of hydrogen-bond donors (Lipinski definition) is 1. The molecule has 1 N–H and O–H groups in total. The van der Waals surface area contributed by atoms with E-state index in [0.29, 0.717) is 13.0 Å². The maximum absolute atomic E-state index is 12.3. The van der Waals surface area contributed by atoms with Gasteiger partial charge in [-0.1, -0.05) is 18.2 Å². The van der Waals surface area contributed by atoms with Crippen LogP contribution in [0.15, 0.2) is 24.3 Å². The monoisotopic (exact) mass is 373 g/mol. The normalized spacial score (nSPS) is 19.2. The molecule has 0 radical (unpaired) electrons. The van der Waals surface area contributed by atoms with Crippen LogP contribution in [0.4, 0.5) is 0 Å². The largest absolute Gasteiger partial charge is 0.480 e. The fraction of sp³-hybridized carbons (Fsp3) is 0.429. The summed E-state index contributed by atoms with van der Waals surface area (Å²) in [6, 6.07) is 7.04. The Bertz CT molecular complexity index is 489. The summed E-state index contributed by atoms with van der Waals surface area (Å²) in [6.45, 7) is 0.555. The fourth-order valence-corrected chi connectivity index (χ4v) is 2.97. The first-order valence-corrected chi connectivity index (χ1v) is 7.43. The van der Waals surface area contributed by atoms with Gasteiger partial charge in [0, 0.05) is 10.1 Å². The number of carboxylic acid groups (broad SMARTS) is 1. The molecule has 19 heavy (non-hydrogen) atoms. The third kappa shape index (κ3) is 3.46. The number of aliphatic carboxylic acids is 1. The third-order valence-corrected chi connectivity index (χ3v) is 4.46. The maximum atomic E-state index is 12.3. The second-order valence-electron chi connectivity index (χ2n) is 4.71. The minimum absolute atomic E-state index is 0.0868. The number of nitrogens with zero attached hydrogens (tertiary/aromatic N) is 1. The quantitative estimate of drug-likeness (QED) is 0.828. The van der Waals surface area contributed by atoms with Gasteiger partial charge in [-0.25, -0.2) is 4.79 Å². The molecule has 1 aliphatic heterocycles. The van der Waals surface area contributed by atoms with Gasteiger partial charge in [0.05, 0.1) is 6.42 Å². The molecule has 2 rings (SSSR count). The second kappa shape index (κ2) is 6.36. The fourth-order valence-electron chi connectivity index (χ4n) is 2.39. The number of halogens is 1. The number of carbonyl (C=O) groups excluding carboxylic acids is 1. The van der Waals surface area contributed by atoms with Crippen LogP contribution >= 0.6 is 22.6 Å². The summed E-state index contributed by atoms with van der Waals surface area (Å²) in [4.78, 5) is 25.0. The first kappa shape index (κ1) is 14.3. The van der Waals surface area contributed by atoms with Gasteiger partial charge in [-0.3, -0.25) is 4.79 Å². The van der Waals surface area contributed by atoms with Crippen molar-refractivity contribution in [1.29, 1.82) is 0 Å². The third-order valence-electron chi connectivity index (χ3n) is 3.41. The molecule has 4 nitrogen and oxygen atoms in total. The van der Waals surface area contributed by atoms with E-state index < -0.39 is 12.0 Å². The molecule has 1 aliphatic rings. The molecule has 1 aromatic carbocycles. The van der Waals surface area contributed by atoms with Gasteiger partial charge >= 0.3 is 5.97 Å². The van der Waals surface area contributed by atoms with Gasteiger partial charge in [-0.2, -0.15) is 0 Å². The van der Waals surface area contributed by atoms with Crippen molar-refractivity contribution in [2.24, 2.45) is 0 Å². The lowest BCUT2D eigenvalue weighted by Gasteiger charge is -2.33. The molecule has 1 fully saturated rings. The number of likely N-dealkylation sites (tertiary alicyclic amines) is 1. The molecule has 0 bridgehead atoms. The molecule has 1 amide bonds. The molecular weight excluding hydrogens is 357 g/mol. The van der Waals surface area contributed by atoms with Crippen LogP contribution in [0, 0.1) is 3.57 Å². The SMILES string of the molecule is O=C(O)C1CCCCN1C(=O)Cc1ccccc1I. The van der Waals surface area contributed by atoms with Crippen molar-refractivity contribution >= 4 is 34.5 Å². The first-order chi connectivity index (χ1) is 9.09. The molecule has 5 heteroatoms. The average Bonchev–Trinajstić information content (AvgIpc) is 2.41. The predicted octanol–water partition coefficient (Wildman–Crippen LogP) is 2.30. The summed E-state index contributed by atoms with van der Waals surface area (Å²) in [5.41, 5.74) is 0.961. The Kier molecular flexibility index (Phi) is 4.79. The van der Waals surface area contributed by atoms with Crippen LogP contribution in [0.25, 0.3) is 0 Å². The zero-order valence-corrected chi connectivity index (χ0v) is 12.7. The average molecular weight is 373 g/mol. The first-order valence-electron chi connectivity index (χ1n) is 6.35. The van der Waals surface area contributed by atoms with E-state index in [-0.39, 0.29) is 12.3 Å². The maximum Gasteiger partial charge on any atom is 0.326 e. The number of hydrogen-bond acceptors (Lipinski definition) is 2. The minimum Gasteiger partial charge on any atom is -0.480 e. The highest BCUT2D eigenvalue weighted by atomic mass is 127. The Morgan fingerprint density at radius 3 is 2.74 bits per heavy atom. The Hall–Kier alpha value is -1.11. The molecular formula is C14H16INO3. The number of piperidine rings is 1. The molecule has 0 aliphatic carbocycles. The highest BCUT2D eigenvalue weighted by molar-refractivity contribution is 14.1. The number of carboxylic acids is 1. The van der Waals surface area contributed by atoms with Crippen LogP contribution in [0.5, 0.6) is 0 Å². The summed E-state index contributed by atoms with van der Waals surface area (Å²) in [5, 5.41) is 9.18. The van der Waals surface area contributed by atoms with E-state index in [1.165, 1.54) is 4.90 Å². The van der Waals surface area contributed by atoms with E-state index in [4.69, 9.17) is 0 Å². The Balaban J connectivity index is 2.10. The Labute approximate surface area is 125 Å². The molecule has 102 valence electrons. The highest BCUT2D eigenvalue weighted by Gasteiger charge is 2.31. The second-order valence-corrected chi connectivity index (χ2v) is 5.87. The lowest BCUT2D eigenvalue weighted by Crippen LogP contribution is -2.48. The molecule has 0 aromatic heterocycles. The predicted molar refractivity (Wildman–Crippen MR) is 79.9 cm³/mol. The molecule has 0 spiro atoms. The van der Waals surface area contributed by atoms with Gasteiger partial charge in [-0.05, 0) is 53.5 Å². The van der Waals surface area contributed by atoms with Gasteiger partial charge in [0.2, 0.25) is 5.91 Å². The zero-order chi connectivity index (χ0) is 13.8. The van der Waals surface area contributed by atoms with E-state index in [1.54, 1.807) is 0 Å². The lowest BCUT2D eigenvalue weighted by atomic mass is 10.0. The van der Waals surface area contributed by atoms with E-state index >= 15 is 0 Å². The van der Waals surface area contributed by atoms with Crippen molar-refractivity contribution in [3.8, 4) is 0 Å². The van der Waals surface area contributed by atoms with Crippen molar-refractivity contribution in [3.05, 3.63) is 33.4 Å². The Morgan fingerprint density at radius 2 is 2.05 bits per heavy atom. The van der Waals surface area contributed by atoms with Crippen LogP contribution < -0.4 is 0 Å². The van der Waals surface area contributed by atoms with Crippen LogP contribution in [-0.2, 0) is 16.0 Å². The molecule has 1 unspecified atom stereocenters. The Morgan fingerprint density at radius 1 is 1.32 bits per heavy atom. The van der Waals surface area contributed by atoms with Crippen LogP contribution in [-0.4, -0.2) is 34.5 Å². The van der Waals surface area contributed by atoms with E-state index in [2.05, 4.69) is 22.6 Å². The smallest absolute Gasteiger partial charge is 0.326 e. The summed E-state index contributed by atoms with van der Waals surface area (Å²) >= 11 is 2.20. The van der Waals surface area contributed by atoms with Gasteiger partial charge in [-0.15, -0.1) is 0 Å². The highest BCUT2D eigenvalue weighted by Crippen LogP contribution is 2.20. The summed E-state index contributed by atoms with van der Waals surface area (Å²) in [6.07, 6.45) is 2.61. The van der Waals surface area contributed by atoms with Crippen LogP contribution in [0.2, 0.25) is 0 Å². The van der Waals surface area contributed by atoms with E-state index in [1.807, 2.05) is 24.3 Å². The van der Waals surface area contributed by atoms with E-state index in [0.717, 1.165) is 22.0 Å². The summed E-state index contributed by atoms with van der Waals surface area (Å²) in [5.74, 6) is -0.980. The zero-order valence-electron chi connectivity index (χ0n) is 10.5. The molecule has 1 heterocycles. The van der Waals surface area contributed by atoms with Crippen molar-refractivity contribution < 1.29 is 14.7 Å². The van der Waals surface area contributed by atoms with Crippen LogP contribution in [0.1, 0.15) is 24.8 Å². The molecule has 1 atom stereocenters. The van der Waals surface area contributed by atoms with Gasteiger partial charge in [0.1, 0.15) is 6.04 Å². The van der Waals surface area contributed by atoms with Crippen molar-refractivity contribution in [1.82, 2.24) is 4.90 Å². The number of carbonyl (C=O) groups is 2. The van der Waals surface area contributed by atoms with Crippen LogP contribution in [0.3, 0.4) is 0 Å². The van der Waals surface area contributed by atoms with Gasteiger partial charge < -0.3 is 10.0 Å². The van der Waals surface area contributed by atoms with Gasteiger partial charge in [0.25, 0.3) is 0 Å². The van der Waals surface area contributed by atoms with Gasteiger partial charge in [0.15, 0.2) is 0 Å². The number of amides is 1. The molecule has 1 saturated heterocycles. The van der Waals surface area contributed by atoms with Crippen molar-refractivity contribution in [2.45, 2.75) is 31.7 Å². The molecule has 0 saturated carbocycles. The number of benzene rings is 1. The number of rotatable bonds is 3. The molecule has 1 aromatic rings. The standard InChI is InChI=1S/C14H16INO3/c15-11-6-2-1-5-10(11)9-13(17)16-8-4-3-7-12(16)14(18)19/h1-2,5-6,12H,3-4,7-9H2,(H,18,19). The summed E-state index contributed by atoms with van der Waals surface area (Å²) < 4.78 is 1.04.